The quantitative estimate of drug-likeness (QED) is 0.264. The molecular weight excluding hydrogens is 589 g/mol. The van der Waals surface area contributed by atoms with Gasteiger partial charge in [0.2, 0.25) is 5.75 Å². The maximum atomic E-state index is 14.1. The van der Waals surface area contributed by atoms with E-state index in [0.717, 1.165) is 11.1 Å². The van der Waals surface area contributed by atoms with Gasteiger partial charge in [-0.3, -0.25) is 4.90 Å². The van der Waals surface area contributed by atoms with E-state index in [-0.39, 0.29) is 59.4 Å². The fraction of sp³-hybridized carbons (Fsp3) is 0.407. The number of piperazine rings is 1. The van der Waals surface area contributed by atoms with Crippen LogP contribution in [0.4, 0.5) is 28.2 Å². The number of carbonyl (C=O) groups excluding carboxylic acids is 1. The van der Waals surface area contributed by atoms with Gasteiger partial charge in [0.25, 0.3) is 0 Å². The van der Waals surface area contributed by atoms with Crippen LogP contribution in [0.1, 0.15) is 30.6 Å². The van der Waals surface area contributed by atoms with E-state index in [0.29, 0.717) is 30.5 Å². The summed E-state index contributed by atoms with van der Waals surface area (Å²) in [6.45, 7) is 2.30. The molecule has 220 valence electrons. The summed E-state index contributed by atoms with van der Waals surface area (Å²) in [6, 6.07) is 2.36. The Balaban J connectivity index is 1.29. The van der Waals surface area contributed by atoms with Crippen LogP contribution in [0.2, 0.25) is 10.0 Å². The minimum absolute atomic E-state index is 0.0682. The number of carbonyl (C=O) groups is 1. The van der Waals surface area contributed by atoms with Crippen molar-refractivity contribution in [2.75, 3.05) is 51.5 Å². The molecular formula is C27H27Cl2F4N5O3. The number of halogens is 6. The number of alkyl halides is 3. The van der Waals surface area contributed by atoms with Crippen LogP contribution in [0.3, 0.4) is 0 Å². The Bertz CT molecular complexity index is 1490. The molecule has 5 rings (SSSR count). The average Bonchev–Trinajstić information content (AvgIpc) is 3.36. The molecule has 0 aliphatic carbocycles. The van der Waals surface area contributed by atoms with E-state index < -0.39 is 24.6 Å². The summed E-state index contributed by atoms with van der Waals surface area (Å²) in [5, 5.41) is 0.723. The fourth-order valence-electron chi connectivity index (χ4n) is 5.13. The van der Waals surface area contributed by atoms with Crippen molar-refractivity contribution in [1.82, 2.24) is 19.7 Å². The normalized spacial score (nSPS) is 17.6. The number of aromatic nitrogens is 1. The van der Waals surface area contributed by atoms with Gasteiger partial charge < -0.3 is 24.7 Å². The molecule has 0 unspecified atom stereocenters. The van der Waals surface area contributed by atoms with Crippen LogP contribution in [0.15, 0.2) is 35.1 Å². The topological polar surface area (TPSA) is 88.1 Å². The predicted octanol–water partition coefficient (Wildman–Crippen LogP) is 6.38. The maximum absolute atomic E-state index is 14.1. The Labute approximate surface area is 243 Å². The molecule has 8 nitrogen and oxygen atoms in total. The highest BCUT2D eigenvalue weighted by molar-refractivity contribution is 6.36. The van der Waals surface area contributed by atoms with E-state index >= 15 is 0 Å². The molecule has 1 fully saturated rings. The summed E-state index contributed by atoms with van der Waals surface area (Å²) in [5.74, 6) is -0.402. The first-order chi connectivity index (χ1) is 19.4. The van der Waals surface area contributed by atoms with Gasteiger partial charge >= 0.3 is 12.2 Å². The highest BCUT2D eigenvalue weighted by Gasteiger charge is 2.34. The second-order valence-corrected chi connectivity index (χ2v) is 10.8. The summed E-state index contributed by atoms with van der Waals surface area (Å²) in [7, 11) is 0. The average molecular weight is 616 g/mol. The van der Waals surface area contributed by atoms with E-state index in [1.807, 2.05) is 6.08 Å². The van der Waals surface area contributed by atoms with Crippen molar-refractivity contribution >= 4 is 51.6 Å². The Hall–Kier alpha value is -3.22. The second kappa shape index (κ2) is 11.6. The van der Waals surface area contributed by atoms with Crippen LogP contribution in [-0.2, 0) is 0 Å². The minimum Gasteiger partial charge on any atom is -0.478 e. The number of nitrogens with zero attached hydrogens (tertiary/aromatic N) is 4. The van der Waals surface area contributed by atoms with E-state index in [1.54, 1.807) is 29.2 Å². The van der Waals surface area contributed by atoms with Crippen LogP contribution in [0, 0.1) is 5.82 Å². The molecule has 0 radical (unpaired) electrons. The maximum Gasteiger partial charge on any atom is 0.401 e. The second-order valence-electron chi connectivity index (χ2n) is 9.97. The number of anilines is 1. The summed E-state index contributed by atoms with van der Waals surface area (Å²) < 4.78 is 64.0. The highest BCUT2D eigenvalue weighted by Crippen LogP contribution is 2.41. The molecule has 14 heteroatoms. The van der Waals surface area contributed by atoms with Gasteiger partial charge in [-0.15, -0.1) is 0 Å². The first kappa shape index (κ1) is 29.3. The molecule has 2 aliphatic rings. The fourth-order valence-corrected chi connectivity index (χ4v) is 5.81. The van der Waals surface area contributed by atoms with Crippen molar-refractivity contribution in [2.24, 2.45) is 0 Å². The third-order valence-corrected chi connectivity index (χ3v) is 7.97. The van der Waals surface area contributed by atoms with Crippen molar-refractivity contribution in [1.29, 1.82) is 0 Å². The number of nitrogens with two attached hydrogens (primary N) is 1. The number of furan rings is 1. The molecule has 1 atom stereocenters. The van der Waals surface area contributed by atoms with E-state index in [2.05, 4.69) is 4.98 Å². The van der Waals surface area contributed by atoms with Crippen molar-refractivity contribution in [3.63, 3.8) is 0 Å². The van der Waals surface area contributed by atoms with Crippen molar-refractivity contribution in [2.45, 2.75) is 25.6 Å². The summed E-state index contributed by atoms with van der Waals surface area (Å²) >= 11 is 12.4. The van der Waals surface area contributed by atoms with E-state index in [9.17, 15) is 22.4 Å². The molecule has 41 heavy (non-hydrogen) atoms. The van der Waals surface area contributed by atoms with Gasteiger partial charge in [-0.1, -0.05) is 29.3 Å². The number of urea groups is 1. The molecule has 2 aliphatic heterocycles. The number of hydrogen-bond donors (Lipinski definition) is 1. The van der Waals surface area contributed by atoms with Gasteiger partial charge in [-0.05, 0) is 31.1 Å². The Morgan fingerprint density at radius 1 is 1.17 bits per heavy atom. The molecule has 1 aromatic carbocycles. The van der Waals surface area contributed by atoms with Crippen LogP contribution >= 0.6 is 23.2 Å². The lowest BCUT2D eigenvalue weighted by atomic mass is 9.99. The number of pyridine rings is 1. The number of nitrogen functional groups attached to an aromatic ring is 1. The number of ether oxygens (including phenoxy) is 1. The van der Waals surface area contributed by atoms with Crippen LogP contribution in [0.25, 0.3) is 16.5 Å². The van der Waals surface area contributed by atoms with Gasteiger partial charge in [-0.25, -0.2) is 14.2 Å². The largest absolute Gasteiger partial charge is 0.478 e. The Kier molecular flexibility index (Phi) is 8.27. The van der Waals surface area contributed by atoms with Gasteiger partial charge in [0.05, 0.1) is 23.2 Å². The summed E-state index contributed by atoms with van der Waals surface area (Å²) in [4.78, 5) is 21.8. The zero-order valence-electron chi connectivity index (χ0n) is 22.0. The van der Waals surface area contributed by atoms with Gasteiger partial charge in [0, 0.05) is 61.6 Å². The molecule has 2 N–H and O–H groups in total. The molecule has 1 saturated heterocycles. The lowest BCUT2D eigenvalue weighted by Gasteiger charge is -2.38. The van der Waals surface area contributed by atoms with Crippen LogP contribution in [-0.4, -0.2) is 77.7 Å². The van der Waals surface area contributed by atoms with Crippen molar-refractivity contribution < 1.29 is 31.5 Å². The van der Waals surface area contributed by atoms with E-state index in [4.69, 9.17) is 38.1 Å². The lowest BCUT2D eigenvalue weighted by molar-refractivity contribution is -0.148. The van der Waals surface area contributed by atoms with E-state index in [1.165, 1.54) is 17.0 Å². The van der Waals surface area contributed by atoms with Crippen LogP contribution < -0.4 is 10.5 Å². The lowest BCUT2D eigenvalue weighted by Crippen LogP contribution is -2.54. The number of fused-ring (bicyclic) bond motifs is 1. The highest BCUT2D eigenvalue weighted by atomic mass is 35.5. The molecule has 3 aromatic rings. The molecule has 4 heterocycles. The zero-order chi connectivity index (χ0) is 29.5. The SMILES string of the molecule is C[C@@H](Oc1c(N)ncc2c(C3=CCN(C(=O)N4CCN(CC(F)(F)F)CC4)CC3)coc12)c1c(Cl)ccc(F)c1Cl. The monoisotopic (exact) mass is 615 g/mol. The summed E-state index contributed by atoms with van der Waals surface area (Å²) in [5.41, 5.74) is 8.42. The van der Waals surface area contributed by atoms with Crippen LogP contribution in [0.5, 0.6) is 5.75 Å². The third-order valence-electron chi connectivity index (χ3n) is 7.25. The first-order valence-corrected chi connectivity index (χ1v) is 13.7. The Morgan fingerprint density at radius 3 is 2.56 bits per heavy atom. The number of benzene rings is 1. The van der Waals surface area contributed by atoms with Gasteiger partial charge in [-0.2, -0.15) is 13.2 Å². The standard InChI is InChI=1S/C27H27Cl2F4N5O3/c1-15(21-19(28)2-3-20(30)22(21)29)41-24-23-17(12-35-25(24)34)18(13-40-23)16-4-6-37(7-5-16)26(39)38-10-8-36(9-11-38)14-27(31,32)33/h2-4,12-13,15H,5-11,14H2,1H3,(H2,34,35)/t15-/m1/s1. The van der Waals surface area contributed by atoms with Gasteiger partial charge in [0.15, 0.2) is 11.4 Å². The predicted molar refractivity (Wildman–Crippen MR) is 148 cm³/mol. The zero-order valence-corrected chi connectivity index (χ0v) is 23.5. The number of amides is 2. The molecule has 2 aromatic heterocycles. The first-order valence-electron chi connectivity index (χ1n) is 12.9. The summed E-state index contributed by atoms with van der Waals surface area (Å²) in [6.07, 6.45) is 0.540. The number of hydrogen-bond acceptors (Lipinski definition) is 6. The van der Waals surface area contributed by atoms with Crippen molar-refractivity contribution in [3.05, 3.63) is 57.7 Å². The molecule has 0 bridgehead atoms. The molecule has 2 amide bonds. The van der Waals surface area contributed by atoms with Gasteiger partial charge in [0.1, 0.15) is 11.9 Å². The smallest absolute Gasteiger partial charge is 0.401 e. The minimum atomic E-state index is -4.26. The Morgan fingerprint density at radius 2 is 1.90 bits per heavy atom. The molecule has 0 spiro atoms. The number of rotatable bonds is 5. The third kappa shape index (κ3) is 6.19. The van der Waals surface area contributed by atoms with Crippen molar-refractivity contribution in [3.8, 4) is 5.75 Å². The molecule has 0 saturated carbocycles.